The molecule has 0 bridgehead atoms. The number of nitrogens with one attached hydrogen (secondary N) is 2. The molecule has 1 rings (SSSR count). The van der Waals surface area contributed by atoms with Crippen molar-refractivity contribution in [1.82, 2.24) is 10.6 Å². The highest BCUT2D eigenvalue weighted by molar-refractivity contribution is 6.29. The Kier molecular flexibility index (Phi) is 3.96. The van der Waals surface area contributed by atoms with Crippen LogP contribution in [-0.4, -0.2) is 25.5 Å². The first kappa shape index (κ1) is 11.5. The van der Waals surface area contributed by atoms with Crippen LogP contribution in [0.4, 0.5) is 0 Å². The molecule has 1 atom stereocenters. The average molecular weight is 217 g/mol. The summed E-state index contributed by atoms with van der Waals surface area (Å²) in [4.78, 5) is 11.8. The van der Waals surface area contributed by atoms with Gasteiger partial charge in [0.05, 0.1) is 12.0 Å². The van der Waals surface area contributed by atoms with E-state index in [0.717, 1.165) is 25.9 Å². The first-order valence-electron chi connectivity index (χ1n) is 4.87. The fourth-order valence-electron chi connectivity index (χ4n) is 1.64. The van der Waals surface area contributed by atoms with Crippen LogP contribution in [0.25, 0.3) is 0 Å². The van der Waals surface area contributed by atoms with Crippen molar-refractivity contribution < 1.29 is 4.79 Å². The average Bonchev–Trinajstić information content (AvgIpc) is 2.15. The van der Waals surface area contributed by atoms with E-state index >= 15 is 0 Å². The van der Waals surface area contributed by atoms with Gasteiger partial charge in [0.1, 0.15) is 0 Å². The van der Waals surface area contributed by atoms with Gasteiger partial charge in [-0.15, -0.1) is 0 Å². The third kappa shape index (κ3) is 3.00. The monoisotopic (exact) mass is 216 g/mol. The summed E-state index contributed by atoms with van der Waals surface area (Å²) in [6.07, 6.45) is 1.98. The van der Waals surface area contributed by atoms with Crippen molar-refractivity contribution in [3.8, 4) is 0 Å². The standard InChI is InChI=1S/C10H17ClN2O/c1-8(11)6-13-9(14)10(2)4-3-5-12-7-10/h12H,1,3-7H2,2H3,(H,13,14). The van der Waals surface area contributed by atoms with Gasteiger partial charge in [-0.25, -0.2) is 0 Å². The molecule has 1 heterocycles. The van der Waals surface area contributed by atoms with E-state index in [0.29, 0.717) is 11.6 Å². The lowest BCUT2D eigenvalue weighted by Gasteiger charge is -2.32. The van der Waals surface area contributed by atoms with E-state index in [4.69, 9.17) is 11.6 Å². The van der Waals surface area contributed by atoms with Crippen LogP contribution in [0, 0.1) is 5.41 Å². The summed E-state index contributed by atoms with van der Waals surface area (Å²) in [5, 5.41) is 6.47. The van der Waals surface area contributed by atoms with E-state index in [1.54, 1.807) is 0 Å². The molecule has 1 unspecified atom stereocenters. The molecule has 0 radical (unpaired) electrons. The van der Waals surface area contributed by atoms with E-state index in [-0.39, 0.29) is 11.3 Å². The predicted octanol–water partition coefficient (Wildman–Crippen LogP) is 1.24. The van der Waals surface area contributed by atoms with Crippen molar-refractivity contribution >= 4 is 17.5 Å². The SMILES string of the molecule is C=C(Cl)CNC(=O)C1(C)CCCNC1. The van der Waals surface area contributed by atoms with Gasteiger partial charge in [0.2, 0.25) is 5.91 Å². The third-order valence-electron chi connectivity index (χ3n) is 2.59. The molecule has 1 amide bonds. The lowest BCUT2D eigenvalue weighted by molar-refractivity contribution is -0.130. The predicted molar refractivity (Wildman–Crippen MR) is 58.2 cm³/mol. The number of carbonyl (C=O) groups is 1. The normalized spacial score (nSPS) is 27.0. The Morgan fingerprint density at radius 3 is 2.93 bits per heavy atom. The van der Waals surface area contributed by atoms with Crippen molar-refractivity contribution in [2.75, 3.05) is 19.6 Å². The maximum atomic E-state index is 11.8. The highest BCUT2D eigenvalue weighted by Gasteiger charge is 2.34. The summed E-state index contributed by atoms with van der Waals surface area (Å²) in [5.41, 5.74) is -0.287. The first-order chi connectivity index (χ1) is 6.54. The smallest absolute Gasteiger partial charge is 0.227 e. The second-order valence-corrected chi connectivity index (χ2v) is 4.58. The minimum atomic E-state index is -0.287. The molecule has 4 heteroatoms. The van der Waals surface area contributed by atoms with Crippen molar-refractivity contribution in [1.29, 1.82) is 0 Å². The molecule has 1 fully saturated rings. The van der Waals surface area contributed by atoms with Gasteiger partial charge in [-0.1, -0.05) is 18.2 Å². The first-order valence-corrected chi connectivity index (χ1v) is 5.25. The minimum Gasteiger partial charge on any atom is -0.351 e. The number of piperidine rings is 1. The van der Waals surface area contributed by atoms with Crippen LogP contribution >= 0.6 is 11.6 Å². The van der Waals surface area contributed by atoms with Crippen LogP contribution < -0.4 is 10.6 Å². The van der Waals surface area contributed by atoms with Crippen molar-refractivity contribution in [3.63, 3.8) is 0 Å². The maximum absolute atomic E-state index is 11.8. The molecule has 0 aromatic rings. The number of hydrogen-bond donors (Lipinski definition) is 2. The number of halogens is 1. The second-order valence-electron chi connectivity index (χ2n) is 4.04. The van der Waals surface area contributed by atoms with E-state index < -0.39 is 0 Å². The molecular formula is C10H17ClN2O. The van der Waals surface area contributed by atoms with Gasteiger partial charge < -0.3 is 10.6 Å². The lowest BCUT2D eigenvalue weighted by Crippen LogP contribution is -2.48. The van der Waals surface area contributed by atoms with Crippen LogP contribution in [-0.2, 0) is 4.79 Å². The molecule has 2 N–H and O–H groups in total. The molecule has 1 aliphatic heterocycles. The lowest BCUT2D eigenvalue weighted by atomic mass is 9.82. The highest BCUT2D eigenvalue weighted by atomic mass is 35.5. The molecule has 0 aliphatic carbocycles. The Balaban J connectivity index is 2.45. The molecule has 1 saturated heterocycles. The zero-order valence-electron chi connectivity index (χ0n) is 8.53. The Labute approximate surface area is 89.9 Å². The number of rotatable bonds is 3. The van der Waals surface area contributed by atoms with Crippen LogP contribution in [0.5, 0.6) is 0 Å². The Bertz CT molecular complexity index is 234. The van der Waals surface area contributed by atoms with Crippen molar-refractivity contribution in [3.05, 3.63) is 11.6 Å². The molecule has 0 aromatic carbocycles. The quantitative estimate of drug-likeness (QED) is 0.746. The van der Waals surface area contributed by atoms with Crippen LogP contribution in [0.2, 0.25) is 0 Å². The number of carbonyl (C=O) groups excluding carboxylic acids is 1. The largest absolute Gasteiger partial charge is 0.351 e. The topological polar surface area (TPSA) is 41.1 Å². The maximum Gasteiger partial charge on any atom is 0.227 e. The van der Waals surface area contributed by atoms with Gasteiger partial charge in [0, 0.05) is 11.6 Å². The van der Waals surface area contributed by atoms with Gasteiger partial charge in [0.15, 0.2) is 0 Å². The second kappa shape index (κ2) is 4.80. The fraction of sp³-hybridized carbons (Fsp3) is 0.700. The molecule has 0 spiro atoms. The van der Waals surface area contributed by atoms with Gasteiger partial charge in [-0.2, -0.15) is 0 Å². The summed E-state index contributed by atoms with van der Waals surface area (Å²) < 4.78 is 0. The highest BCUT2D eigenvalue weighted by Crippen LogP contribution is 2.25. The van der Waals surface area contributed by atoms with Gasteiger partial charge in [0.25, 0.3) is 0 Å². The number of hydrogen-bond acceptors (Lipinski definition) is 2. The summed E-state index contributed by atoms with van der Waals surface area (Å²) in [5.74, 6) is 0.0616. The van der Waals surface area contributed by atoms with Crippen LogP contribution in [0.15, 0.2) is 11.6 Å². The van der Waals surface area contributed by atoms with E-state index in [2.05, 4.69) is 17.2 Å². The van der Waals surface area contributed by atoms with E-state index in [1.165, 1.54) is 0 Å². The van der Waals surface area contributed by atoms with Gasteiger partial charge >= 0.3 is 0 Å². The summed E-state index contributed by atoms with van der Waals surface area (Å²) in [6.45, 7) is 7.61. The Morgan fingerprint density at radius 2 is 2.43 bits per heavy atom. The summed E-state index contributed by atoms with van der Waals surface area (Å²) >= 11 is 5.58. The molecule has 80 valence electrons. The van der Waals surface area contributed by atoms with Gasteiger partial charge in [-0.05, 0) is 26.3 Å². The fourth-order valence-corrected chi connectivity index (χ4v) is 1.71. The number of amides is 1. The van der Waals surface area contributed by atoms with Crippen molar-refractivity contribution in [2.45, 2.75) is 19.8 Å². The molecule has 0 aromatic heterocycles. The Morgan fingerprint density at radius 1 is 1.71 bits per heavy atom. The molecule has 0 saturated carbocycles. The van der Waals surface area contributed by atoms with E-state index in [9.17, 15) is 4.79 Å². The van der Waals surface area contributed by atoms with Gasteiger partial charge in [-0.3, -0.25) is 4.79 Å². The summed E-state index contributed by atoms with van der Waals surface area (Å²) in [6, 6.07) is 0. The molecule has 3 nitrogen and oxygen atoms in total. The molecule has 1 aliphatic rings. The zero-order chi connectivity index (χ0) is 10.6. The van der Waals surface area contributed by atoms with E-state index in [1.807, 2.05) is 6.92 Å². The van der Waals surface area contributed by atoms with Crippen LogP contribution in [0.3, 0.4) is 0 Å². The minimum absolute atomic E-state index is 0.0616. The molecule has 14 heavy (non-hydrogen) atoms. The zero-order valence-corrected chi connectivity index (χ0v) is 9.28. The molecular weight excluding hydrogens is 200 g/mol. The summed E-state index contributed by atoms with van der Waals surface area (Å²) in [7, 11) is 0. The van der Waals surface area contributed by atoms with Crippen molar-refractivity contribution in [2.24, 2.45) is 5.41 Å². The third-order valence-corrected chi connectivity index (χ3v) is 2.72. The van der Waals surface area contributed by atoms with Crippen LogP contribution in [0.1, 0.15) is 19.8 Å². The Hall–Kier alpha value is -0.540.